The summed E-state index contributed by atoms with van der Waals surface area (Å²) in [4.78, 5) is 0. The maximum Gasteiger partial charge on any atom is 0.0760 e. The third kappa shape index (κ3) is 4.71. The molecule has 0 aliphatic heterocycles. The first-order valence-electron chi connectivity index (χ1n) is 6.47. The number of aliphatic hydroxyl groups is 1. The smallest absolute Gasteiger partial charge is 0.0760 e. The highest BCUT2D eigenvalue weighted by Gasteiger charge is 2.27. The summed E-state index contributed by atoms with van der Waals surface area (Å²) >= 11 is 6.92. The Kier molecular flexibility index (Phi) is 7.33. The number of halogens is 3. The average Bonchev–Trinajstić information content (AvgIpc) is 2.37. The molecule has 0 bridgehead atoms. The lowest BCUT2D eigenvalue weighted by atomic mass is 9.81. The molecule has 0 aromatic heterocycles. The molecule has 0 saturated heterocycles. The zero-order valence-electron chi connectivity index (χ0n) is 10.7. The lowest BCUT2D eigenvalue weighted by Gasteiger charge is -2.30. The molecule has 0 unspecified atom stereocenters. The van der Waals surface area contributed by atoms with Crippen LogP contribution in [0.4, 0.5) is 0 Å². The first-order chi connectivity index (χ1) is 8.58. The van der Waals surface area contributed by atoms with Crippen molar-refractivity contribution >= 4 is 44.3 Å². The number of nitrogens with two attached hydrogens (primary N) is 1. The lowest BCUT2D eigenvalue weighted by Crippen LogP contribution is -2.34. The van der Waals surface area contributed by atoms with Gasteiger partial charge in [-0.2, -0.15) is 0 Å². The van der Waals surface area contributed by atoms with E-state index in [0.717, 1.165) is 27.4 Å². The number of hydrogen-bond acceptors (Lipinski definition) is 2. The van der Waals surface area contributed by atoms with Gasteiger partial charge in [-0.05, 0) is 42.5 Å². The van der Waals surface area contributed by atoms with Crippen molar-refractivity contribution in [1.29, 1.82) is 0 Å². The Balaban J connectivity index is 0.00000180. The van der Waals surface area contributed by atoms with E-state index in [1.54, 1.807) is 0 Å². The van der Waals surface area contributed by atoms with E-state index >= 15 is 0 Å². The van der Waals surface area contributed by atoms with Crippen molar-refractivity contribution < 1.29 is 5.11 Å². The molecular formula is C14H20Br2ClNO. The fraction of sp³-hybridized carbons (Fsp3) is 0.571. The van der Waals surface area contributed by atoms with E-state index in [4.69, 9.17) is 5.73 Å². The first kappa shape index (κ1) is 17.4. The predicted octanol–water partition coefficient (Wildman–Crippen LogP) is 4.57. The van der Waals surface area contributed by atoms with E-state index < -0.39 is 6.10 Å². The highest BCUT2D eigenvalue weighted by atomic mass is 79.9. The Morgan fingerprint density at radius 2 is 1.58 bits per heavy atom. The zero-order chi connectivity index (χ0) is 13.1. The van der Waals surface area contributed by atoms with Crippen LogP contribution < -0.4 is 5.73 Å². The lowest BCUT2D eigenvalue weighted by molar-refractivity contribution is 0.0618. The van der Waals surface area contributed by atoms with Crippen molar-refractivity contribution in [3.8, 4) is 0 Å². The van der Waals surface area contributed by atoms with Crippen LogP contribution in [-0.4, -0.2) is 11.2 Å². The van der Waals surface area contributed by atoms with Crippen LogP contribution in [0, 0.1) is 5.92 Å². The summed E-state index contributed by atoms with van der Waals surface area (Å²) in [5, 5.41) is 10.4. The summed E-state index contributed by atoms with van der Waals surface area (Å²) in [5.74, 6) is 0.353. The Hall–Kier alpha value is 0.390. The SMILES string of the molecule is Cl.N[C@@H](c1cc(Br)cc(Br)c1)[C@H](O)C1CCCCC1. The minimum atomic E-state index is -0.438. The van der Waals surface area contributed by atoms with Crippen molar-refractivity contribution in [1.82, 2.24) is 0 Å². The molecule has 3 N–H and O–H groups in total. The maximum absolute atomic E-state index is 10.4. The molecule has 1 aromatic rings. The van der Waals surface area contributed by atoms with E-state index in [9.17, 15) is 5.11 Å². The fourth-order valence-electron chi connectivity index (χ4n) is 2.73. The Morgan fingerprint density at radius 3 is 2.11 bits per heavy atom. The van der Waals surface area contributed by atoms with Crippen molar-refractivity contribution in [2.75, 3.05) is 0 Å². The molecular weight excluding hydrogens is 393 g/mol. The molecule has 19 heavy (non-hydrogen) atoms. The Morgan fingerprint density at radius 1 is 1.05 bits per heavy atom. The van der Waals surface area contributed by atoms with Crippen molar-refractivity contribution in [2.24, 2.45) is 11.7 Å². The van der Waals surface area contributed by atoms with Gasteiger partial charge in [-0.3, -0.25) is 0 Å². The Bertz CT molecular complexity index is 390. The largest absolute Gasteiger partial charge is 0.391 e. The van der Waals surface area contributed by atoms with Gasteiger partial charge in [0.25, 0.3) is 0 Å². The Labute approximate surface area is 137 Å². The van der Waals surface area contributed by atoms with Crippen LogP contribution in [0.15, 0.2) is 27.1 Å². The fourth-order valence-corrected chi connectivity index (χ4v) is 4.06. The van der Waals surface area contributed by atoms with Crippen LogP contribution in [0.3, 0.4) is 0 Å². The predicted molar refractivity (Wildman–Crippen MR) is 88.6 cm³/mol. The molecule has 1 fully saturated rings. The molecule has 2 atom stereocenters. The molecule has 1 saturated carbocycles. The summed E-state index contributed by atoms with van der Waals surface area (Å²) in [7, 11) is 0. The van der Waals surface area contributed by atoms with E-state index in [1.807, 2.05) is 18.2 Å². The minimum Gasteiger partial charge on any atom is -0.391 e. The second-order valence-electron chi connectivity index (χ2n) is 5.12. The molecule has 1 aliphatic carbocycles. The number of aliphatic hydroxyl groups excluding tert-OH is 1. The third-order valence-electron chi connectivity index (χ3n) is 3.77. The van der Waals surface area contributed by atoms with Crippen LogP contribution in [0.1, 0.15) is 43.7 Å². The molecule has 2 rings (SSSR count). The highest BCUT2D eigenvalue weighted by Crippen LogP contribution is 2.33. The summed E-state index contributed by atoms with van der Waals surface area (Å²) < 4.78 is 1.97. The normalized spacial score (nSPS) is 19.6. The summed E-state index contributed by atoms with van der Waals surface area (Å²) in [5.41, 5.74) is 7.20. The van der Waals surface area contributed by atoms with Gasteiger partial charge in [0.2, 0.25) is 0 Å². The first-order valence-corrected chi connectivity index (χ1v) is 8.06. The highest BCUT2D eigenvalue weighted by molar-refractivity contribution is 9.11. The average molecular weight is 414 g/mol. The molecule has 108 valence electrons. The minimum absolute atomic E-state index is 0. The van der Waals surface area contributed by atoms with E-state index in [2.05, 4.69) is 31.9 Å². The molecule has 1 aromatic carbocycles. The van der Waals surface area contributed by atoms with Crippen molar-refractivity contribution in [3.63, 3.8) is 0 Å². The molecule has 5 heteroatoms. The van der Waals surface area contributed by atoms with Gasteiger partial charge in [0.05, 0.1) is 12.1 Å². The maximum atomic E-state index is 10.4. The van der Waals surface area contributed by atoms with Gasteiger partial charge in [0.1, 0.15) is 0 Å². The van der Waals surface area contributed by atoms with Crippen LogP contribution >= 0.6 is 44.3 Å². The number of rotatable bonds is 3. The van der Waals surface area contributed by atoms with Crippen LogP contribution in [0.2, 0.25) is 0 Å². The second kappa shape index (κ2) is 7.99. The van der Waals surface area contributed by atoms with Gasteiger partial charge < -0.3 is 10.8 Å². The van der Waals surface area contributed by atoms with E-state index in [-0.39, 0.29) is 18.4 Å². The van der Waals surface area contributed by atoms with Gasteiger partial charge in [0, 0.05) is 8.95 Å². The molecule has 0 spiro atoms. The number of hydrogen-bond donors (Lipinski definition) is 2. The number of benzene rings is 1. The molecule has 0 heterocycles. The van der Waals surface area contributed by atoms with Gasteiger partial charge in [-0.25, -0.2) is 0 Å². The van der Waals surface area contributed by atoms with Gasteiger partial charge >= 0.3 is 0 Å². The summed E-state index contributed by atoms with van der Waals surface area (Å²) in [6.07, 6.45) is 5.49. The molecule has 1 aliphatic rings. The quantitative estimate of drug-likeness (QED) is 0.762. The summed E-state index contributed by atoms with van der Waals surface area (Å²) in [6.45, 7) is 0. The van der Waals surface area contributed by atoms with Crippen LogP contribution in [0.25, 0.3) is 0 Å². The van der Waals surface area contributed by atoms with Crippen molar-refractivity contribution in [2.45, 2.75) is 44.2 Å². The second-order valence-corrected chi connectivity index (χ2v) is 6.95. The van der Waals surface area contributed by atoms with Crippen LogP contribution in [-0.2, 0) is 0 Å². The van der Waals surface area contributed by atoms with E-state index in [1.165, 1.54) is 19.3 Å². The molecule has 2 nitrogen and oxygen atoms in total. The van der Waals surface area contributed by atoms with Crippen LogP contribution in [0.5, 0.6) is 0 Å². The molecule has 0 amide bonds. The van der Waals surface area contributed by atoms with Crippen molar-refractivity contribution in [3.05, 3.63) is 32.7 Å². The molecule has 0 radical (unpaired) electrons. The zero-order valence-corrected chi connectivity index (χ0v) is 14.7. The third-order valence-corrected chi connectivity index (χ3v) is 4.69. The van der Waals surface area contributed by atoms with E-state index in [0.29, 0.717) is 5.92 Å². The van der Waals surface area contributed by atoms with Gasteiger partial charge in [-0.1, -0.05) is 51.1 Å². The van der Waals surface area contributed by atoms with Gasteiger partial charge in [-0.15, -0.1) is 12.4 Å². The summed E-state index contributed by atoms with van der Waals surface area (Å²) in [6, 6.07) is 5.65. The monoisotopic (exact) mass is 411 g/mol. The standard InChI is InChI=1S/C14H19Br2NO.ClH/c15-11-6-10(7-12(16)8-11)13(17)14(18)9-4-2-1-3-5-9;/h6-9,13-14,18H,1-5,17H2;1H/t13-,14+;/m0./s1. The van der Waals surface area contributed by atoms with Gasteiger partial charge in [0.15, 0.2) is 0 Å². The topological polar surface area (TPSA) is 46.2 Å².